The molecule has 0 aromatic heterocycles. The molecule has 0 spiro atoms. The molecule has 0 radical (unpaired) electrons. The first-order valence-corrected chi connectivity index (χ1v) is 6.38. The smallest absolute Gasteiger partial charge is 0 e. The van der Waals surface area contributed by atoms with Crippen LogP contribution in [0.3, 0.4) is 0 Å². The number of rotatable bonds is 3. The molecule has 0 heterocycles. The summed E-state index contributed by atoms with van der Waals surface area (Å²) in [6.07, 6.45) is 4.75. The van der Waals surface area contributed by atoms with Gasteiger partial charge < -0.3 is 0 Å². The van der Waals surface area contributed by atoms with Crippen molar-refractivity contribution in [3.63, 3.8) is 0 Å². The Morgan fingerprint density at radius 3 is 2.41 bits per heavy atom. The summed E-state index contributed by atoms with van der Waals surface area (Å²) >= 11 is 0. The van der Waals surface area contributed by atoms with Gasteiger partial charge in [-0.15, -0.1) is 0 Å². The molecule has 0 fully saturated rings. The fourth-order valence-electron chi connectivity index (χ4n) is 2.38. The van der Waals surface area contributed by atoms with Gasteiger partial charge in [-0.05, 0) is 41.4 Å². The third kappa shape index (κ3) is 3.65. The second-order valence-electron chi connectivity index (χ2n) is 5.68. The minimum absolute atomic E-state index is 0. The Bertz CT molecular complexity index is 414. The van der Waals surface area contributed by atoms with Crippen LogP contribution in [0, 0.1) is 11.8 Å². The van der Waals surface area contributed by atoms with Gasteiger partial charge in [0, 0.05) is 26.2 Å². The van der Waals surface area contributed by atoms with Gasteiger partial charge in [0.1, 0.15) is 0 Å². The Kier molecular flexibility index (Phi) is 5.38. The van der Waals surface area contributed by atoms with E-state index in [-0.39, 0.29) is 26.2 Å². The normalized spacial score (nSPS) is 13.6. The van der Waals surface area contributed by atoms with E-state index in [0.717, 1.165) is 12.3 Å². The van der Waals surface area contributed by atoms with Crippen LogP contribution < -0.4 is 0 Å². The molecule has 0 N–H and O–H groups in total. The fourth-order valence-corrected chi connectivity index (χ4v) is 2.38. The van der Waals surface area contributed by atoms with Gasteiger partial charge in [-0.1, -0.05) is 57.5 Å². The predicted molar refractivity (Wildman–Crippen MR) is 71.5 cm³/mol. The Morgan fingerprint density at radius 1 is 1.12 bits per heavy atom. The van der Waals surface area contributed by atoms with Crippen molar-refractivity contribution in [3.05, 3.63) is 40.5 Å². The topological polar surface area (TPSA) is 0 Å². The second-order valence-corrected chi connectivity index (χ2v) is 5.68. The zero-order chi connectivity index (χ0) is 11.7. The molecule has 0 saturated heterocycles. The van der Waals surface area contributed by atoms with Crippen LogP contribution in [0.1, 0.15) is 44.4 Å². The van der Waals surface area contributed by atoms with Crippen LogP contribution in [-0.2, 0) is 39.0 Å². The Morgan fingerprint density at radius 2 is 1.82 bits per heavy atom. The second kappa shape index (κ2) is 6.14. The standard InChI is InChI=1S/C16H22.Zr/c1-11(2)7-13-5-6-14-9-15(12(3)4)10-16(14)8-13;/h5-6,8,10-12H,7,9H2,1-4H3;. The van der Waals surface area contributed by atoms with E-state index in [1.54, 1.807) is 5.57 Å². The van der Waals surface area contributed by atoms with E-state index in [4.69, 9.17) is 0 Å². The molecule has 0 bridgehead atoms. The summed E-state index contributed by atoms with van der Waals surface area (Å²) in [6, 6.07) is 7.00. The summed E-state index contributed by atoms with van der Waals surface area (Å²) in [7, 11) is 0. The van der Waals surface area contributed by atoms with Gasteiger partial charge in [0.15, 0.2) is 0 Å². The summed E-state index contributed by atoms with van der Waals surface area (Å²) in [5.41, 5.74) is 6.03. The fraction of sp³-hybridized carbons (Fsp3) is 0.500. The van der Waals surface area contributed by atoms with E-state index < -0.39 is 0 Å². The van der Waals surface area contributed by atoms with Crippen molar-refractivity contribution in [3.8, 4) is 0 Å². The first-order valence-electron chi connectivity index (χ1n) is 6.38. The Labute approximate surface area is 125 Å². The van der Waals surface area contributed by atoms with Gasteiger partial charge in [-0.25, -0.2) is 0 Å². The summed E-state index contributed by atoms with van der Waals surface area (Å²) in [4.78, 5) is 0. The van der Waals surface area contributed by atoms with Gasteiger partial charge in [0.2, 0.25) is 0 Å². The first kappa shape index (κ1) is 14.9. The molecule has 0 aliphatic heterocycles. The van der Waals surface area contributed by atoms with E-state index in [2.05, 4.69) is 52.0 Å². The van der Waals surface area contributed by atoms with Crippen molar-refractivity contribution in [2.75, 3.05) is 0 Å². The van der Waals surface area contributed by atoms with Crippen molar-refractivity contribution in [1.82, 2.24) is 0 Å². The van der Waals surface area contributed by atoms with Crippen molar-refractivity contribution >= 4 is 6.08 Å². The molecule has 0 unspecified atom stereocenters. The molecular formula is C16H22Zr. The number of benzene rings is 1. The van der Waals surface area contributed by atoms with Gasteiger partial charge in [0.25, 0.3) is 0 Å². The molecule has 90 valence electrons. The maximum atomic E-state index is 2.39. The van der Waals surface area contributed by atoms with E-state index in [1.165, 1.54) is 23.1 Å². The average Bonchev–Trinajstić information content (AvgIpc) is 2.59. The predicted octanol–water partition coefficient (Wildman–Crippen LogP) is 4.48. The summed E-state index contributed by atoms with van der Waals surface area (Å²) in [6.45, 7) is 9.13. The Balaban J connectivity index is 0.00000144. The van der Waals surface area contributed by atoms with E-state index in [0.29, 0.717) is 5.92 Å². The van der Waals surface area contributed by atoms with Crippen molar-refractivity contribution in [2.24, 2.45) is 11.8 Å². The third-order valence-electron chi connectivity index (χ3n) is 3.33. The number of hydrogen-bond donors (Lipinski definition) is 0. The number of hydrogen-bond acceptors (Lipinski definition) is 0. The minimum Gasteiger partial charge on any atom is -0.0626 e. The van der Waals surface area contributed by atoms with Crippen molar-refractivity contribution in [2.45, 2.75) is 40.5 Å². The molecule has 1 heteroatoms. The van der Waals surface area contributed by atoms with Crippen molar-refractivity contribution in [1.29, 1.82) is 0 Å². The number of allylic oxidation sites excluding steroid dienone is 1. The zero-order valence-corrected chi connectivity index (χ0v) is 13.8. The molecule has 0 nitrogen and oxygen atoms in total. The van der Waals surface area contributed by atoms with Crippen LogP contribution in [0.15, 0.2) is 23.8 Å². The molecule has 0 amide bonds. The SMILES string of the molecule is CC(C)Cc1ccc2c(c1)C=C(C(C)C)C2.[Zr]. The largest absolute Gasteiger partial charge is 0.0626 e. The van der Waals surface area contributed by atoms with E-state index in [9.17, 15) is 0 Å². The zero-order valence-electron chi connectivity index (χ0n) is 11.4. The first-order chi connectivity index (χ1) is 7.56. The molecule has 17 heavy (non-hydrogen) atoms. The molecule has 2 rings (SSSR count). The van der Waals surface area contributed by atoms with Crippen LogP contribution >= 0.6 is 0 Å². The van der Waals surface area contributed by atoms with Crippen molar-refractivity contribution < 1.29 is 26.2 Å². The van der Waals surface area contributed by atoms with Gasteiger partial charge in [0.05, 0.1) is 0 Å². The number of fused-ring (bicyclic) bond motifs is 1. The summed E-state index contributed by atoms with van der Waals surface area (Å²) < 4.78 is 0. The van der Waals surface area contributed by atoms with Gasteiger partial charge >= 0.3 is 0 Å². The van der Waals surface area contributed by atoms with Gasteiger partial charge in [-0.3, -0.25) is 0 Å². The Hall–Kier alpha value is -0.157. The molecule has 1 aliphatic rings. The monoisotopic (exact) mass is 304 g/mol. The molecule has 1 aromatic carbocycles. The molecule has 0 saturated carbocycles. The van der Waals surface area contributed by atoms with Crippen LogP contribution in [0.5, 0.6) is 0 Å². The minimum atomic E-state index is 0. The van der Waals surface area contributed by atoms with Crippen LogP contribution in [-0.4, -0.2) is 0 Å². The molecule has 1 aliphatic carbocycles. The van der Waals surface area contributed by atoms with Crippen LogP contribution in [0.4, 0.5) is 0 Å². The molecular weight excluding hydrogens is 283 g/mol. The summed E-state index contributed by atoms with van der Waals surface area (Å²) in [5.74, 6) is 1.42. The maximum absolute atomic E-state index is 2.39. The quantitative estimate of drug-likeness (QED) is 0.772. The third-order valence-corrected chi connectivity index (χ3v) is 3.33. The van der Waals surface area contributed by atoms with Crippen LogP contribution in [0.2, 0.25) is 0 Å². The van der Waals surface area contributed by atoms with Crippen LogP contribution in [0.25, 0.3) is 6.08 Å². The van der Waals surface area contributed by atoms with E-state index >= 15 is 0 Å². The maximum Gasteiger partial charge on any atom is 0 e. The van der Waals surface area contributed by atoms with Gasteiger partial charge in [-0.2, -0.15) is 0 Å². The molecule has 0 atom stereocenters. The molecule has 1 aromatic rings. The average molecular weight is 306 g/mol. The summed E-state index contributed by atoms with van der Waals surface area (Å²) in [5, 5.41) is 0. The van der Waals surface area contributed by atoms with E-state index in [1.807, 2.05) is 0 Å².